The van der Waals surface area contributed by atoms with Crippen LogP contribution in [0, 0.1) is 22.7 Å². The van der Waals surface area contributed by atoms with Crippen molar-refractivity contribution in [2.24, 2.45) is 0 Å². The summed E-state index contributed by atoms with van der Waals surface area (Å²) in [4.78, 5) is 2.41. The van der Waals surface area contributed by atoms with Crippen molar-refractivity contribution >= 4 is 11.3 Å². The van der Waals surface area contributed by atoms with E-state index in [0.29, 0.717) is 0 Å². The number of benzene rings is 2. The van der Waals surface area contributed by atoms with Gasteiger partial charge in [-0.1, -0.05) is 30.3 Å². The largest absolute Gasteiger partial charge is 0.369 e. The van der Waals surface area contributed by atoms with E-state index in [0.717, 1.165) is 50.2 Å². The molecule has 4 heteroatoms. The normalized spacial score (nSPS) is 15.9. The summed E-state index contributed by atoms with van der Waals surface area (Å²) in [5.74, 6) is 0. The molecule has 0 aromatic heterocycles. The van der Waals surface area contributed by atoms with Gasteiger partial charge in [-0.2, -0.15) is 10.5 Å². The first kappa shape index (κ1) is 16.4. The highest BCUT2D eigenvalue weighted by Gasteiger charge is 2.20. The van der Waals surface area contributed by atoms with Gasteiger partial charge in [0, 0.05) is 31.9 Å². The third-order valence-corrected chi connectivity index (χ3v) is 5.28. The molecule has 1 N–H and O–H groups in total. The lowest BCUT2D eigenvalue weighted by Crippen LogP contribution is -2.43. The molecular formula is C22H20N4. The minimum atomic E-state index is 0.247. The van der Waals surface area contributed by atoms with Crippen LogP contribution in [0.2, 0.25) is 0 Å². The maximum atomic E-state index is 9.14. The molecule has 0 saturated carbocycles. The summed E-state index contributed by atoms with van der Waals surface area (Å²) in [5.41, 5.74) is 7.09. The molecule has 0 bridgehead atoms. The molecule has 0 spiro atoms. The second kappa shape index (κ2) is 7.04. The molecule has 4 nitrogen and oxygen atoms in total. The summed E-state index contributed by atoms with van der Waals surface area (Å²) in [7, 11) is 0. The number of fused-ring (bicyclic) bond motifs is 1. The van der Waals surface area contributed by atoms with Gasteiger partial charge in [0.15, 0.2) is 0 Å². The zero-order valence-electron chi connectivity index (χ0n) is 14.6. The number of piperazine rings is 1. The molecule has 0 radical (unpaired) electrons. The number of nitrogens with zero attached hydrogens (tertiary/aromatic N) is 3. The Kier molecular flexibility index (Phi) is 4.44. The van der Waals surface area contributed by atoms with Crippen LogP contribution in [-0.4, -0.2) is 26.2 Å². The fourth-order valence-electron chi connectivity index (χ4n) is 3.88. The molecule has 1 fully saturated rings. The maximum Gasteiger partial charge on any atom is 0.133 e. The molecule has 0 amide bonds. The van der Waals surface area contributed by atoms with Crippen LogP contribution in [0.15, 0.2) is 48.0 Å². The van der Waals surface area contributed by atoms with Crippen LogP contribution in [-0.2, 0) is 6.42 Å². The number of hydrogen-bond donors (Lipinski definition) is 1. The van der Waals surface area contributed by atoms with E-state index in [1.54, 1.807) is 0 Å². The first-order valence-corrected chi connectivity index (χ1v) is 9.03. The van der Waals surface area contributed by atoms with E-state index in [-0.39, 0.29) is 5.57 Å². The van der Waals surface area contributed by atoms with Gasteiger partial charge in [-0.25, -0.2) is 0 Å². The average Bonchev–Trinajstić information content (AvgIpc) is 3.13. The van der Waals surface area contributed by atoms with E-state index in [1.165, 1.54) is 22.4 Å². The fraction of sp³-hybridized carbons (Fsp3) is 0.273. The van der Waals surface area contributed by atoms with Crippen molar-refractivity contribution < 1.29 is 0 Å². The fourth-order valence-corrected chi connectivity index (χ4v) is 3.88. The predicted molar refractivity (Wildman–Crippen MR) is 103 cm³/mol. The molecular weight excluding hydrogens is 320 g/mol. The van der Waals surface area contributed by atoms with Gasteiger partial charge in [0.05, 0.1) is 0 Å². The molecule has 1 aliphatic heterocycles. The second-order valence-electron chi connectivity index (χ2n) is 6.73. The lowest BCUT2D eigenvalue weighted by atomic mass is 9.98. The van der Waals surface area contributed by atoms with Crippen molar-refractivity contribution in [1.82, 2.24) is 5.32 Å². The standard InChI is InChI=1S/C22H20N4/c23-14-19(15-24)22-8-4-18-13-17(3-7-21(18)22)16-1-5-20(6-2-16)26-11-9-25-10-12-26/h1-3,5-7,13,25H,4,8-12H2. The quantitative estimate of drug-likeness (QED) is 0.850. The van der Waals surface area contributed by atoms with Crippen LogP contribution in [0.5, 0.6) is 0 Å². The Bertz CT molecular complexity index is 920. The summed E-state index contributed by atoms with van der Waals surface area (Å²) < 4.78 is 0. The first-order valence-electron chi connectivity index (χ1n) is 9.03. The van der Waals surface area contributed by atoms with Crippen molar-refractivity contribution in [3.63, 3.8) is 0 Å². The molecule has 4 rings (SSSR count). The molecule has 0 atom stereocenters. The van der Waals surface area contributed by atoms with Gasteiger partial charge >= 0.3 is 0 Å². The van der Waals surface area contributed by atoms with Crippen LogP contribution >= 0.6 is 0 Å². The Morgan fingerprint density at radius 3 is 2.27 bits per heavy atom. The van der Waals surface area contributed by atoms with E-state index >= 15 is 0 Å². The highest BCUT2D eigenvalue weighted by atomic mass is 15.2. The SMILES string of the molecule is N#CC(C#N)=C1CCc2cc(-c3ccc(N4CCNCC4)cc3)ccc21. The second-order valence-corrected chi connectivity index (χ2v) is 6.73. The molecule has 2 aromatic rings. The minimum Gasteiger partial charge on any atom is -0.369 e. The topological polar surface area (TPSA) is 62.9 Å². The monoisotopic (exact) mass is 340 g/mol. The Labute approximate surface area is 154 Å². The molecule has 0 unspecified atom stereocenters. The van der Waals surface area contributed by atoms with Crippen LogP contribution in [0.1, 0.15) is 17.5 Å². The molecule has 1 saturated heterocycles. The van der Waals surface area contributed by atoms with Crippen molar-refractivity contribution in [1.29, 1.82) is 10.5 Å². The van der Waals surface area contributed by atoms with Gasteiger partial charge in [0.2, 0.25) is 0 Å². The Morgan fingerprint density at radius 2 is 1.58 bits per heavy atom. The van der Waals surface area contributed by atoms with Crippen molar-refractivity contribution in [2.75, 3.05) is 31.1 Å². The molecule has 1 heterocycles. The molecule has 26 heavy (non-hydrogen) atoms. The lowest BCUT2D eigenvalue weighted by Gasteiger charge is -2.29. The number of anilines is 1. The van der Waals surface area contributed by atoms with Crippen LogP contribution in [0.4, 0.5) is 5.69 Å². The van der Waals surface area contributed by atoms with Gasteiger partial charge in [0.1, 0.15) is 17.7 Å². The van der Waals surface area contributed by atoms with Gasteiger partial charge in [-0.15, -0.1) is 0 Å². The average molecular weight is 340 g/mol. The number of hydrogen-bond acceptors (Lipinski definition) is 4. The Balaban J connectivity index is 1.61. The number of aryl methyl sites for hydroxylation is 1. The molecule has 2 aromatic carbocycles. The summed E-state index contributed by atoms with van der Waals surface area (Å²) in [6.07, 6.45) is 1.67. The highest BCUT2D eigenvalue weighted by molar-refractivity contribution is 5.82. The molecule has 128 valence electrons. The smallest absolute Gasteiger partial charge is 0.133 e. The highest BCUT2D eigenvalue weighted by Crippen LogP contribution is 2.37. The number of nitrogens with one attached hydrogen (secondary N) is 1. The number of nitriles is 2. The van der Waals surface area contributed by atoms with Crippen molar-refractivity contribution in [3.8, 4) is 23.3 Å². The van der Waals surface area contributed by atoms with E-state index in [1.807, 2.05) is 12.1 Å². The number of allylic oxidation sites excluding steroid dienone is 2. The predicted octanol–water partition coefficient (Wildman–Crippen LogP) is 3.51. The zero-order valence-corrected chi connectivity index (χ0v) is 14.6. The lowest BCUT2D eigenvalue weighted by molar-refractivity contribution is 0.589. The van der Waals surface area contributed by atoms with Gasteiger partial charge in [-0.05, 0) is 52.8 Å². The molecule has 1 aliphatic carbocycles. The minimum absolute atomic E-state index is 0.247. The first-order chi connectivity index (χ1) is 12.8. The zero-order chi connectivity index (χ0) is 17.9. The van der Waals surface area contributed by atoms with Crippen molar-refractivity contribution in [3.05, 3.63) is 59.2 Å². The Morgan fingerprint density at radius 1 is 0.885 bits per heavy atom. The summed E-state index contributed by atoms with van der Waals surface area (Å²) >= 11 is 0. The van der Waals surface area contributed by atoms with E-state index in [9.17, 15) is 0 Å². The van der Waals surface area contributed by atoms with Gasteiger partial charge in [0.25, 0.3) is 0 Å². The van der Waals surface area contributed by atoms with E-state index in [2.05, 4.69) is 52.7 Å². The Hall–Kier alpha value is -3.08. The van der Waals surface area contributed by atoms with Crippen LogP contribution in [0.25, 0.3) is 16.7 Å². The number of rotatable bonds is 2. The molecule has 2 aliphatic rings. The van der Waals surface area contributed by atoms with Crippen LogP contribution < -0.4 is 10.2 Å². The third-order valence-electron chi connectivity index (χ3n) is 5.28. The van der Waals surface area contributed by atoms with E-state index < -0.39 is 0 Å². The summed E-state index contributed by atoms with van der Waals surface area (Å²) in [6, 6.07) is 19.2. The van der Waals surface area contributed by atoms with Crippen molar-refractivity contribution in [2.45, 2.75) is 12.8 Å². The maximum absolute atomic E-state index is 9.14. The summed E-state index contributed by atoms with van der Waals surface area (Å²) in [5, 5.41) is 21.7. The van der Waals surface area contributed by atoms with Crippen LogP contribution in [0.3, 0.4) is 0 Å². The van der Waals surface area contributed by atoms with Gasteiger partial charge in [-0.3, -0.25) is 0 Å². The third kappa shape index (κ3) is 2.96. The summed E-state index contributed by atoms with van der Waals surface area (Å²) in [6.45, 7) is 4.17. The van der Waals surface area contributed by atoms with Gasteiger partial charge < -0.3 is 10.2 Å². The van der Waals surface area contributed by atoms with E-state index in [4.69, 9.17) is 10.5 Å².